The fraction of sp³-hybridized carbons (Fsp3) is 0.478. The maximum Gasteiger partial charge on any atom is 0.273 e. The third kappa shape index (κ3) is 5.76. The first-order valence-electron chi connectivity index (χ1n) is 11.1. The number of aldehydes is 1. The number of nitrogens with one attached hydrogen (secondary N) is 1. The van der Waals surface area contributed by atoms with Crippen LogP contribution in [0.5, 0.6) is 5.75 Å². The van der Waals surface area contributed by atoms with Crippen molar-refractivity contribution >= 4 is 29.7 Å². The first kappa shape index (κ1) is 22.9. The molecule has 0 spiro atoms. The molecule has 1 aromatic heterocycles. The topological polar surface area (TPSA) is 121 Å². The maximum absolute atomic E-state index is 12.6. The highest BCUT2D eigenvalue weighted by Crippen LogP contribution is 2.27. The Labute approximate surface area is 197 Å². The molecule has 1 saturated carbocycles. The number of hydrogen-bond donors (Lipinski definition) is 1. The molecule has 2 aromatic rings. The van der Waals surface area contributed by atoms with Crippen LogP contribution in [-0.4, -0.2) is 52.6 Å². The Hall–Kier alpha value is -3.25. The lowest BCUT2D eigenvalue weighted by atomic mass is 9.93. The monoisotopic (exact) mass is 468 g/mol. The largest absolute Gasteiger partial charge is 0.490 e. The van der Waals surface area contributed by atoms with Crippen LogP contribution < -0.4 is 15.0 Å². The molecule has 1 aliphatic heterocycles. The van der Waals surface area contributed by atoms with Gasteiger partial charge in [0.05, 0.1) is 22.9 Å². The molecule has 172 valence electrons. The van der Waals surface area contributed by atoms with Gasteiger partial charge in [-0.2, -0.15) is 5.26 Å². The molecule has 1 amide bonds. The van der Waals surface area contributed by atoms with E-state index in [1.54, 1.807) is 18.2 Å². The lowest BCUT2D eigenvalue weighted by Gasteiger charge is -2.30. The third-order valence-electron chi connectivity index (χ3n) is 6.17. The van der Waals surface area contributed by atoms with Crippen molar-refractivity contribution < 1.29 is 14.3 Å². The van der Waals surface area contributed by atoms with Crippen molar-refractivity contribution in [2.75, 3.05) is 18.0 Å². The molecule has 1 aromatic carbocycles. The molecule has 2 heterocycles. The Morgan fingerprint density at radius 3 is 2.55 bits per heavy atom. The van der Waals surface area contributed by atoms with Gasteiger partial charge in [-0.25, -0.2) is 4.98 Å². The fourth-order valence-corrected chi connectivity index (χ4v) is 4.40. The van der Waals surface area contributed by atoms with Gasteiger partial charge in [-0.05, 0) is 50.7 Å². The van der Waals surface area contributed by atoms with Gasteiger partial charge < -0.3 is 19.7 Å². The molecule has 0 atom stereocenters. The lowest BCUT2D eigenvalue weighted by Crippen LogP contribution is -2.40. The summed E-state index contributed by atoms with van der Waals surface area (Å²) in [6.07, 6.45) is 7.20. The summed E-state index contributed by atoms with van der Waals surface area (Å²) in [7, 11) is 0. The van der Waals surface area contributed by atoms with E-state index in [0.29, 0.717) is 35.4 Å². The molecular formula is C23H25ClN6O3. The standard InChI is InChI=1S/C23H25ClN6O3/c24-20-11-19(4-1-16(20)12-25)33-18-5-2-17(3-6-18)27-22(32)21-13-26-23(29-28-21)30-9-7-15(14-31)8-10-30/h1,4,11,13-15,17-18H,2-3,5-10H2,(H,27,32)/t17-,18-. The van der Waals surface area contributed by atoms with Crippen molar-refractivity contribution in [3.05, 3.63) is 40.7 Å². The van der Waals surface area contributed by atoms with Crippen LogP contribution in [0, 0.1) is 17.2 Å². The molecule has 0 bridgehead atoms. The number of anilines is 1. The number of carbonyl (C=O) groups is 2. The van der Waals surface area contributed by atoms with E-state index in [-0.39, 0.29) is 29.7 Å². The summed E-state index contributed by atoms with van der Waals surface area (Å²) in [6, 6.07) is 7.12. The van der Waals surface area contributed by atoms with Crippen LogP contribution in [-0.2, 0) is 4.79 Å². The first-order valence-corrected chi connectivity index (χ1v) is 11.5. The van der Waals surface area contributed by atoms with Crippen LogP contribution in [0.1, 0.15) is 54.6 Å². The van der Waals surface area contributed by atoms with Crippen LogP contribution in [0.3, 0.4) is 0 Å². The van der Waals surface area contributed by atoms with Crippen LogP contribution >= 0.6 is 11.6 Å². The van der Waals surface area contributed by atoms with Crippen molar-refractivity contribution in [3.8, 4) is 11.8 Å². The Bertz CT molecular complexity index is 1030. The number of benzene rings is 1. The van der Waals surface area contributed by atoms with E-state index in [4.69, 9.17) is 21.6 Å². The second-order valence-electron chi connectivity index (χ2n) is 8.42. The van der Waals surface area contributed by atoms with Gasteiger partial charge in [0.25, 0.3) is 5.91 Å². The fourth-order valence-electron chi connectivity index (χ4n) is 4.19. The summed E-state index contributed by atoms with van der Waals surface area (Å²) in [4.78, 5) is 29.7. The summed E-state index contributed by atoms with van der Waals surface area (Å²) in [5.41, 5.74) is 0.607. The minimum absolute atomic E-state index is 0.0331. The van der Waals surface area contributed by atoms with E-state index in [0.717, 1.165) is 44.8 Å². The molecule has 1 aliphatic carbocycles. The Balaban J connectivity index is 1.24. The van der Waals surface area contributed by atoms with Crippen molar-refractivity contribution in [3.63, 3.8) is 0 Å². The summed E-state index contributed by atoms with van der Waals surface area (Å²) >= 11 is 6.07. The number of halogens is 1. The van der Waals surface area contributed by atoms with Crippen molar-refractivity contribution in [2.45, 2.75) is 50.7 Å². The van der Waals surface area contributed by atoms with E-state index >= 15 is 0 Å². The number of carbonyl (C=O) groups excluding carboxylic acids is 2. The highest BCUT2D eigenvalue weighted by Gasteiger charge is 2.25. The SMILES string of the molecule is N#Cc1ccc(O[C@H]2CC[C@H](NC(=O)c3cnc(N4CCC(C=O)CC4)nn3)CC2)cc1Cl. The molecular weight excluding hydrogens is 444 g/mol. The molecule has 4 rings (SSSR count). The molecule has 1 N–H and O–H groups in total. The van der Waals surface area contributed by atoms with Gasteiger partial charge in [-0.15, -0.1) is 10.2 Å². The van der Waals surface area contributed by atoms with Gasteiger partial charge in [0.15, 0.2) is 5.69 Å². The second kappa shape index (κ2) is 10.6. The summed E-state index contributed by atoms with van der Waals surface area (Å²) in [5, 5.41) is 20.5. The van der Waals surface area contributed by atoms with E-state index in [2.05, 4.69) is 20.5 Å². The number of amides is 1. The summed E-state index contributed by atoms with van der Waals surface area (Å²) < 4.78 is 6.00. The summed E-state index contributed by atoms with van der Waals surface area (Å²) in [6.45, 7) is 1.41. The average Bonchev–Trinajstić information content (AvgIpc) is 2.85. The minimum Gasteiger partial charge on any atom is -0.490 e. The van der Waals surface area contributed by atoms with Crippen LogP contribution in [0.4, 0.5) is 5.95 Å². The minimum atomic E-state index is -0.288. The average molecular weight is 469 g/mol. The summed E-state index contributed by atoms with van der Waals surface area (Å²) in [5.74, 6) is 0.936. The van der Waals surface area contributed by atoms with Gasteiger partial charge in [0.2, 0.25) is 5.95 Å². The van der Waals surface area contributed by atoms with E-state index < -0.39 is 0 Å². The smallest absolute Gasteiger partial charge is 0.273 e. The van der Waals surface area contributed by atoms with E-state index in [1.807, 2.05) is 11.0 Å². The van der Waals surface area contributed by atoms with Crippen LogP contribution in [0.2, 0.25) is 5.02 Å². The van der Waals surface area contributed by atoms with Crippen LogP contribution in [0.15, 0.2) is 24.4 Å². The van der Waals surface area contributed by atoms with Crippen molar-refractivity contribution in [2.24, 2.45) is 5.92 Å². The first-order chi connectivity index (χ1) is 16.1. The Morgan fingerprint density at radius 2 is 1.94 bits per heavy atom. The zero-order chi connectivity index (χ0) is 23.2. The van der Waals surface area contributed by atoms with Gasteiger partial charge in [-0.1, -0.05) is 11.6 Å². The Morgan fingerprint density at radius 1 is 1.18 bits per heavy atom. The number of aromatic nitrogens is 3. The number of hydrogen-bond acceptors (Lipinski definition) is 8. The quantitative estimate of drug-likeness (QED) is 0.642. The van der Waals surface area contributed by atoms with E-state index in [1.165, 1.54) is 6.20 Å². The van der Waals surface area contributed by atoms with Gasteiger partial charge >= 0.3 is 0 Å². The molecule has 33 heavy (non-hydrogen) atoms. The molecule has 0 radical (unpaired) electrons. The van der Waals surface area contributed by atoms with Gasteiger partial charge in [0.1, 0.15) is 18.1 Å². The predicted molar refractivity (Wildman–Crippen MR) is 121 cm³/mol. The molecule has 2 aliphatic rings. The lowest BCUT2D eigenvalue weighted by molar-refractivity contribution is -0.111. The zero-order valence-corrected chi connectivity index (χ0v) is 18.9. The van der Waals surface area contributed by atoms with Gasteiger partial charge in [-0.3, -0.25) is 4.79 Å². The molecule has 10 heteroatoms. The highest BCUT2D eigenvalue weighted by molar-refractivity contribution is 6.31. The molecule has 9 nitrogen and oxygen atoms in total. The van der Waals surface area contributed by atoms with E-state index in [9.17, 15) is 9.59 Å². The van der Waals surface area contributed by atoms with Gasteiger partial charge in [0, 0.05) is 31.1 Å². The predicted octanol–water partition coefficient (Wildman–Crippen LogP) is 2.93. The zero-order valence-electron chi connectivity index (χ0n) is 18.1. The second-order valence-corrected chi connectivity index (χ2v) is 8.83. The number of ether oxygens (including phenoxy) is 1. The van der Waals surface area contributed by atoms with Crippen LogP contribution in [0.25, 0.3) is 0 Å². The highest BCUT2D eigenvalue weighted by atomic mass is 35.5. The Kier molecular flexibility index (Phi) is 7.35. The normalized spacial score (nSPS) is 21.2. The molecule has 2 fully saturated rings. The third-order valence-corrected chi connectivity index (χ3v) is 6.48. The van der Waals surface area contributed by atoms with Crippen molar-refractivity contribution in [1.29, 1.82) is 5.26 Å². The number of rotatable bonds is 6. The molecule has 0 unspecified atom stereocenters. The molecule has 1 saturated heterocycles. The number of nitriles is 1. The maximum atomic E-state index is 12.6. The van der Waals surface area contributed by atoms with Crippen molar-refractivity contribution in [1.82, 2.24) is 20.5 Å². The number of nitrogens with zero attached hydrogens (tertiary/aromatic N) is 5. The number of piperidine rings is 1.